The minimum atomic E-state index is 0.0530. The number of hydrogen-bond donors (Lipinski definition) is 1. The molecule has 2 N–H and O–H groups in total. The van der Waals surface area contributed by atoms with Crippen LogP contribution in [0.15, 0.2) is 22.7 Å². The zero-order valence-electron chi connectivity index (χ0n) is 10.9. The van der Waals surface area contributed by atoms with Gasteiger partial charge in [-0.2, -0.15) is 0 Å². The van der Waals surface area contributed by atoms with Crippen molar-refractivity contribution in [3.05, 3.63) is 28.2 Å². The molecule has 0 saturated heterocycles. The molecule has 0 spiro atoms. The number of ketones is 1. The highest BCUT2D eigenvalue weighted by atomic mass is 79.9. The van der Waals surface area contributed by atoms with Crippen molar-refractivity contribution >= 4 is 21.7 Å². The van der Waals surface area contributed by atoms with Gasteiger partial charge in [0.05, 0.1) is 7.11 Å². The van der Waals surface area contributed by atoms with Gasteiger partial charge in [-0.15, -0.1) is 0 Å². The lowest BCUT2D eigenvalue weighted by Crippen LogP contribution is -2.15. The van der Waals surface area contributed by atoms with Gasteiger partial charge in [-0.1, -0.05) is 22.9 Å². The zero-order valence-corrected chi connectivity index (χ0v) is 12.5. The Hall–Kier alpha value is -0.870. The SMILES string of the molecule is COc1ccc(Br)cc1CC(=O)C(C)CCCN. The van der Waals surface area contributed by atoms with Gasteiger partial charge >= 0.3 is 0 Å². The number of hydrogen-bond acceptors (Lipinski definition) is 3. The van der Waals surface area contributed by atoms with Crippen molar-refractivity contribution in [3.8, 4) is 5.75 Å². The Morgan fingerprint density at radius 3 is 2.83 bits per heavy atom. The smallest absolute Gasteiger partial charge is 0.140 e. The summed E-state index contributed by atoms with van der Waals surface area (Å²) in [7, 11) is 1.62. The summed E-state index contributed by atoms with van der Waals surface area (Å²) in [4.78, 5) is 12.1. The fourth-order valence-electron chi connectivity index (χ4n) is 1.83. The summed E-state index contributed by atoms with van der Waals surface area (Å²) < 4.78 is 6.23. The molecule has 0 aromatic heterocycles. The van der Waals surface area contributed by atoms with Crippen LogP contribution in [-0.2, 0) is 11.2 Å². The van der Waals surface area contributed by atoms with Gasteiger partial charge < -0.3 is 10.5 Å². The number of Topliss-reactive ketones (excluding diaryl/α,β-unsaturated/α-hetero) is 1. The highest BCUT2D eigenvalue weighted by Gasteiger charge is 2.15. The highest BCUT2D eigenvalue weighted by molar-refractivity contribution is 9.10. The monoisotopic (exact) mass is 313 g/mol. The average Bonchev–Trinajstić information content (AvgIpc) is 2.36. The molecule has 1 aromatic rings. The van der Waals surface area contributed by atoms with Crippen molar-refractivity contribution in [2.45, 2.75) is 26.2 Å². The van der Waals surface area contributed by atoms with E-state index in [1.807, 2.05) is 25.1 Å². The number of nitrogens with two attached hydrogens (primary N) is 1. The number of benzene rings is 1. The first kappa shape index (κ1) is 15.2. The van der Waals surface area contributed by atoms with E-state index in [4.69, 9.17) is 10.5 Å². The fourth-order valence-corrected chi connectivity index (χ4v) is 2.24. The predicted octanol–water partition coefficient (Wildman–Crippen LogP) is 2.94. The van der Waals surface area contributed by atoms with Crippen LogP contribution in [0.3, 0.4) is 0 Å². The molecule has 0 heterocycles. The molecule has 18 heavy (non-hydrogen) atoms. The van der Waals surface area contributed by atoms with Crippen LogP contribution in [0, 0.1) is 5.92 Å². The summed E-state index contributed by atoms with van der Waals surface area (Å²) in [5.74, 6) is 1.05. The van der Waals surface area contributed by atoms with Crippen LogP contribution in [0.5, 0.6) is 5.75 Å². The second-order valence-corrected chi connectivity index (χ2v) is 5.35. The average molecular weight is 314 g/mol. The molecule has 0 saturated carbocycles. The molecule has 3 nitrogen and oxygen atoms in total. The summed E-state index contributed by atoms with van der Waals surface area (Å²) in [6.45, 7) is 2.60. The summed E-state index contributed by atoms with van der Waals surface area (Å²) in [5.41, 5.74) is 6.38. The second kappa shape index (κ2) is 7.54. The lowest BCUT2D eigenvalue weighted by molar-refractivity contribution is -0.121. The summed E-state index contributed by atoms with van der Waals surface area (Å²) in [5, 5.41) is 0. The number of methoxy groups -OCH3 is 1. The molecule has 1 unspecified atom stereocenters. The lowest BCUT2D eigenvalue weighted by atomic mass is 9.95. The Kier molecular flexibility index (Phi) is 6.36. The first-order valence-electron chi connectivity index (χ1n) is 6.13. The molecule has 0 aliphatic heterocycles. The van der Waals surface area contributed by atoms with Crippen molar-refractivity contribution < 1.29 is 9.53 Å². The van der Waals surface area contributed by atoms with Gasteiger partial charge in [0.2, 0.25) is 0 Å². The minimum Gasteiger partial charge on any atom is -0.496 e. The first-order chi connectivity index (χ1) is 8.58. The molecular weight excluding hydrogens is 294 g/mol. The van der Waals surface area contributed by atoms with Gasteiger partial charge in [0.15, 0.2) is 0 Å². The van der Waals surface area contributed by atoms with E-state index in [1.54, 1.807) is 7.11 Å². The highest BCUT2D eigenvalue weighted by Crippen LogP contribution is 2.24. The molecule has 1 atom stereocenters. The molecule has 100 valence electrons. The normalized spacial score (nSPS) is 12.2. The van der Waals surface area contributed by atoms with E-state index in [0.717, 1.165) is 28.6 Å². The molecule has 1 rings (SSSR count). The van der Waals surface area contributed by atoms with Crippen molar-refractivity contribution in [2.24, 2.45) is 11.7 Å². The number of carbonyl (C=O) groups excluding carboxylic acids is 1. The van der Waals surface area contributed by atoms with Crippen LogP contribution in [0.4, 0.5) is 0 Å². The Balaban J connectivity index is 2.71. The van der Waals surface area contributed by atoms with Gasteiger partial charge in [-0.25, -0.2) is 0 Å². The number of rotatable bonds is 7. The predicted molar refractivity (Wildman–Crippen MR) is 76.9 cm³/mol. The van der Waals surface area contributed by atoms with Crippen molar-refractivity contribution in [3.63, 3.8) is 0 Å². The minimum absolute atomic E-state index is 0.0530. The first-order valence-corrected chi connectivity index (χ1v) is 6.93. The van der Waals surface area contributed by atoms with E-state index in [2.05, 4.69) is 15.9 Å². The van der Waals surface area contributed by atoms with Gasteiger partial charge in [0.25, 0.3) is 0 Å². The van der Waals surface area contributed by atoms with E-state index in [9.17, 15) is 4.79 Å². The van der Waals surface area contributed by atoms with Crippen molar-refractivity contribution in [1.29, 1.82) is 0 Å². The van der Waals surface area contributed by atoms with Crippen LogP contribution in [-0.4, -0.2) is 19.4 Å². The molecule has 0 radical (unpaired) electrons. The van der Waals surface area contributed by atoms with Crippen LogP contribution >= 0.6 is 15.9 Å². The third-order valence-corrected chi connectivity index (χ3v) is 3.49. The molecule has 4 heteroatoms. The van der Waals surface area contributed by atoms with Gasteiger partial charge in [0, 0.05) is 22.4 Å². The fraction of sp³-hybridized carbons (Fsp3) is 0.500. The van der Waals surface area contributed by atoms with Crippen molar-refractivity contribution in [1.82, 2.24) is 0 Å². The quantitative estimate of drug-likeness (QED) is 0.842. The van der Waals surface area contributed by atoms with Crippen LogP contribution in [0.2, 0.25) is 0 Å². The number of halogens is 1. The third-order valence-electron chi connectivity index (χ3n) is 3.00. The third kappa shape index (κ3) is 4.42. The molecule has 0 fully saturated rings. The topological polar surface area (TPSA) is 52.3 Å². The summed E-state index contributed by atoms with van der Waals surface area (Å²) in [6, 6.07) is 5.72. The van der Waals surface area contributed by atoms with E-state index < -0.39 is 0 Å². The van der Waals surface area contributed by atoms with Gasteiger partial charge in [-0.05, 0) is 37.6 Å². The molecule has 0 amide bonds. The van der Waals surface area contributed by atoms with Crippen molar-refractivity contribution in [2.75, 3.05) is 13.7 Å². The Labute approximate surface area is 117 Å². The van der Waals surface area contributed by atoms with Crippen LogP contribution in [0.25, 0.3) is 0 Å². The van der Waals surface area contributed by atoms with Gasteiger partial charge in [0.1, 0.15) is 11.5 Å². The maximum absolute atomic E-state index is 12.1. The van der Waals surface area contributed by atoms with E-state index in [-0.39, 0.29) is 11.7 Å². The lowest BCUT2D eigenvalue weighted by Gasteiger charge is -2.12. The Bertz CT molecular complexity index is 407. The summed E-state index contributed by atoms with van der Waals surface area (Å²) >= 11 is 3.41. The van der Waals surface area contributed by atoms with Crippen LogP contribution < -0.4 is 10.5 Å². The standard InChI is InChI=1S/C14H20BrNO2/c1-10(4-3-7-16)13(17)9-11-8-12(15)5-6-14(11)18-2/h5-6,8,10H,3-4,7,9,16H2,1-2H3. The van der Waals surface area contributed by atoms with E-state index >= 15 is 0 Å². The Morgan fingerprint density at radius 1 is 1.50 bits per heavy atom. The number of ether oxygens (including phenoxy) is 1. The largest absolute Gasteiger partial charge is 0.496 e. The van der Waals surface area contributed by atoms with E-state index in [1.165, 1.54) is 0 Å². The zero-order chi connectivity index (χ0) is 13.5. The van der Waals surface area contributed by atoms with E-state index in [0.29, 0.717) is 13.0 Å². The van der Waals surface area contributed by atoms with Gasteiger partial charge in [-0.3, -0.25) is 4.79 Å². The molecule has 1 aromatic carbocycles. The summed E-state index contributed by atoms with van der Waals surface area (Å²) in [6.07, 6.45) is 2.16. The maximum Gasteiger partial charge on any atom is 0.140 e. The second-order valence-electron chi connectivity index (χ2n) is 4.43. The molecule has 0 bridgehead atoms. The number of carbonyl (C=O) groups is 1. The Morgan fingerprint density at radius 2 is 2.22 bits per heavy atom. The maximum atomic E-state index is 12.1. The molecule has 0 aliphatic rings. The molecule has 0 aliphatic carbocycles. The molecular formula is C14H20BrNO2. The van der Waals surface area contributed by atoms with Crippen LogP contribution in [0.1, 0.15) is 25.3 Å².